The van der Waals surface area contributed by atoms with Crippen molar-refractivity contribution >= 4 is 11.9 Å². The number of hydrogen-bond donors (Lipinski definition) is 2. The first-order valence-electron chi connectivity index (χ1n) is 13.8. The number of aromatic carboxylic acids is 1. The number of pyridine rings is 1. The lowest BCUT2D eigenvalue weighted by atomic mass is 9.79. The first-order chi connectivity index (χ1) is 20.9. The van der Waals surface area contributed by atoms with Gasteiger partial charge in [-0.2, -0.15) is 0 Å². The van der Waals surface area contributed by atoms with Crippen molar-refractivity contribution in [2.45, 2.75) is 25.2 Å². The largest absolute Gasteiger partial charge is 0.497 e. The molecule has 0 radical (unpaired) electrons. The number of carboxylic acid groups (broad SMARTS) is 2. The second-order valence-corrected chi connectivity index (χ2v) is 10.3. The van der Waals surface area contributed by atoms with Crippen LogP contribution < -0.4 is 23.7 Å². The summed E-state index contributed by atoms with van der Waals surface area (Å²) in [6.45, 7) is 2.62. The summed E-state index contributed by atoms with van der Waals surface area (Å²) >= 11 is 0. The number of carbonyl (C=O) groups is 2. The maximum atomic E-state index is 13.2. The molecule has 2 N–H and O–H groups in total. The van der Waals surface area contributed by atoms with Crippen LogP contribution in [0.1, 0.15) is 57.8 Å². The SMILES string of the molecule is CCCOc1ccc2c(c1)C(c1ccc(OC)cc1Oc1cnccc1C(=O)O)C(C(=O)O)C2c1ccc2c(c1)OCO2. The van der Waals surface area contributed by atoms with Gasteiger partial charge in [-0.1, -0.05) is 25.1 Å². The van der Waals surface area contributed by atoms with Crippen LogP contribution in [0, 0.1) is 5.92 Å². The number of methoxy groups -OCH3 is 1. The normalized spacial score (nSPS) is 18.1. The highest BCUT2D eigenvalue weighted by molar-refractivity contribution is 5.90. The molecular formula is C33H29NO9. The Hall–Kier alpha value is -5.25. The van der Waals surface area contributed by atoms with Gasteiger partial charge in [0.05, 0.1) is 25.8 Å². The Morgan fingerprint density at radius 2 is 1.67 bits per heavy atom. The molecule has 3 atom stereocenters. The maximum Gasteiger partial charge on any atom is 0.339 e. The Morgan fingerprint density at radius 3 is 2.44 bits per heavy atom. The van der Waals surface area contributed by atoms with Crippen molar-refractivity contribution in [3.63, 3.8) is 0 Å². The van der Waals surface area contributed by atoms with Gasteiger partial charge in [0.1, 0.15) is 22.8 Å². The quantitative estimate of drug-likeness (QED) is 0.226. The van der Waals surface area contributed by atoms with E-state index < -0.39 is 29.7 Å². The van der Waals surface area contributed by atoms with E-state index in [0.717, 1.165) is 23.1 Å². The maximum absolute atomic E-state index is 13.2. The third-order valence-corrected chi connectivity index (χ3v) is 7.75. The number of rotatable bonds is 10. The van der Waals surface area contributed by atoms with Gasteiger partial charge >= 0.3 is 11.9 Å². The van der Waals surface area contributed by atoms with E-state index in [9.17, 15) is 19.8 Å². The molecule has 0 bridgehead atoms. The molecule has 2 aliphatic rings. The fourth-order valence-corrected chi connectivity index (χ4v) is 5.88. The van der Waals surface area contributed by atoms with Crippen molar-refractivity contribution in [2.24, 2.45) is 5.92 Å². The predicted molar refractivity (Wildman–Crippen MR) is 154 cm³/mol. The lowest BCUT2D eigenvalue weighted by Gasteiger charge is -2.25. The van der Waals surface area contributed by atoms with Crippen LogP contribution in [0.25, 0.3) is 0 Å². The van der Waals surface area contributed by atoms with Gasteiger partial charge in [0.25, 0.3) is 0 Å². The molecule has 10 nitrogen and oxygen atoms in total. The molecule has 1 aliphatic heterocycles. The summed E-state index contributed by atoms with van der Waals surface area (Å²) < 4.78 is 28.7. The predicted octanol–water partition coefficient (Wildman–Crippen LogP) is 6.08. The molecule has 0 amide bonds. The molecular weight excluding hydrogens is 554 g/mol. The van der Waals surface area contributed by atoms with E-state index in [4.69, 9.17) is 23.7 Å². The Morgan fingerprint density at radius 1 is 0.884 bits per heavy atom. The molecule has 0 spiro atoms. The minimum absolute atomic E-state index is 0.0157. The van der Waals surface area contributed by atoms with Crippen molar-refractivity contribution in [3.05, 3.63) is 101 Å². The Balaban J connectivity index is 1.54. The fourth-order valence-electron chi connectivity index (χ4n) is 5.88. The number of nitrogens with zero attached hydrogens (tertiary/aromatic N) is 1. The van der Waals surface area contributed by atoms with Crippen LogP contribution in [0.2, 0.25) is 0 Å². The van der Waals surface area contributed by atoms with Gasteiger partial charge in [-0.25, -0.2) is 4.79 Å². The summed E-state index contributed by atoms with van der Waals surface area (Å²) in [5.74, 6) is -1.88. The molecule has 6 rings (SSSR count). The van der Waals surface area contributed by atoms with E-state index in [1.165, 1.54) is 25.6 Å². The van der Waals surface area contributed by atoms with Crippen LogP contribution in [-0.4, -0.2) is 47.6 Å². The zero-order chi connectivity index (χ0) is 30.1. The molecule has 3 unspecified atom stereocenters. The van der Waals surface area contributed by atoms with Crippen molar-refractivity contribution in [1.82, 2.24) is 4.98 Å². The minimum atomic E-state index is -1.18. The zero-order valence-electron chi connectivity index (χ0n) is 23.5. The van der Waals surface area contributed by atoms with Gasteiger partial charge in [0, 0.05) is 29.7 Å². The summed E-state index contributed by atoms with van der Waals surface area (Å²) in [5.41, 5.74) is 2.82. The third kappa shape index (κ3) is 5.16. The molecule has 0 saturated carbocycles. The highest BCUT2D eigenvalue weighted by Crippen LogP contribution is 2.56. The van der Waals surface area contributed by atoms with E-state index in [1.807, 2.05) is 37.3 Å². The molecule has 10 heteroatoms. The van der Waals surface area contributed by atoms with E-state index in [2.05, 4.69) is 4.98 Å². The van der Waals surface area contributed by atoms with Crippen molar-refractivity contribution < 1.29 is 43.5 Å². The van der Waals surface area contributed by atoms with Gasteiger partial charge in [-0.15, -0.1) is 0 Å². The number of aromatic nitrogens is 1. The molecule has 0 fully saturated rings. The summed E-state index contributed by atoms with van der Waals surface area (Å²) in [7, 11) is 1.50. The topological polar surface area (TPSA) is 134 Å². The Bertz CT molecular complexity index is 1700. The van der Waals surface area contributed by atoms with E-state index in [-0.39, 0.29) is 23.9 Å². The molecule has 4 aromatic rings. The summed E-state index contributed by atoms with van der Waals surface area (Å²) in [6.07, 6.45) is 3.49. The first kappa shape index (κ1) is 27.9. The molecule has 2 heterocycles. The molecule has 1 aromatic heterocycles. The van der Waals surface area contributed by atoms with Crippen molar-refractivity contribution in [3.8, 4) is 34.5 Å². The molecule has 220 valence electrons. The highest BCUT2D eigenvalue weighted by atomic mass is 16.7. The summed E-state index contributed by atoms with van der Waals surface area (Å²) in [5, 5.41) is 20.6. The average Bonchev–Trinajstić information content (AvgIpc) is 3.62. The monoisotopic (exact) mass is 583 g/mol. The van der Waals surface area contributed by atoms with E-state index in [0.29, 0.717) is 35.2 Å². The minimum Gasteiger partial charge on any atom is -0.497 e. The standard InChI is InChI=1S/C33H29NO9/c1-3-12-40-20-6-7-21-24(14-20)30(31(33(37)38)29(21)18-4-9-25-27(13-18)42-17-41-25)22-8-5-19(39-2)15-26(22)43-28-16-34-11-10-23(28)32(35)36/h4-11,13-16,29-31H,3,12,17H2,1-2H3,(H,35,36)(H,37,38). The zero-order valence-corrected chi connectivity index (χ0v) is 23.5. The Labute approximate surface area is 247 Å². The third-order valence-electron chi connectivity index (χ3n) is 7.75. The molecule has 1 aliphatic carbocycles. The van der Waals surface area contributed by atoms with Crippen LogP contribution >= 0.6 is 0 Å². The number of hydrogen-bond acceptors (Lipinski definition) is 8. The van der Waals surface area contributed by atoms with Crippen LogP contribution in [0.15, 0.2) is 73.1 Å². The van der Waals surface area contributed by atoms with Crippen molar-refractivity contribution in [1.29, 1.82) is 0 Å². The van der Waals surface area contributed by atoms with Gasteiger partial charge in [0.2, 0.25) is 6.79 Å². The lowest BCUT2D eigenvalue weighted by molar-refractivity contribution is -0.142. The lowest BCUT2D eigenvalue weighted by Crippen LogP contribution is -2.24. The van der Waals surface area contributed by atoms with Gasteiger partial charge in [0.15, 0.2) is 17.2 Å². The number of ether oxygens (including phenoxy) is 5. The molecule has 43 heavy (non-hydrogen) atoms. The first-order valence-corrected chi connectivity index (χ1v) is 13.8. The molecule has 3 aromatic carbocycles. The molecule has 0 saturated heterocycles. The number of carboxylic acids is 2. The van der Waals surface area contributed by atoms with E-state index >= 15 is 0 Å². The highest BCUT2D eigenvalue weighted by Gasteiger charge is 2.48. The number of benzene rings is 3. The number of aliphatic carboxylic acids is 1. The smallest absolute Gasteiger partial charge is 0.339 e. The summed E-state index contributed by atoms with van der Waals surface area (Å²) in [6, 6.07) is 17.6. The number of fused-ring (bicyclic) bond motifs is 2. The second kappa shape index (κ2) is 11.6. The Kier molecular flexibility index (Phi) is 7.50. The van der Waals surface area contributed by atoms with Crippen LogP contribution in [-0.2, 0) is 4.79 Å². The average molecular weight is 584 g/mol. The van der Waals surface area contributed by atoms with Crippen LogP contribution in [0.3, 0.4) is 0 Å². The van der Waals surface area contributed by atoms with Gasteiger partial charge in [-0.05, 0) is 59.5 Å². The van der Waals surface area contributed by atoms with Crippen LogP contribution in [0.4, 0.5) is 0 Å². The fraction of sp³-hybridized carbons (Fsp3) is 0.242. The van der Waals surface area contributed by atoms with E-state index in [1.54, 1.807) is 24.3 Å². The van der Waals surface area contributed by atoms with Crippen molar-refractivity contribution in [2.75, 3.05) is 20.5 Å². The second-order valence-electron chi connectivity index (χ2n) is 10.3. The van der Waals surface area contributed by atoms with Gasteiger partial charge < -0.3 is 33.9 Å². The van der Waals surface area contributed by atoms with Gasteiger partial charge in [-0.3, -0.25) is 9.78 Å². The van der Waals surface area contributed by atoms with Crippen LogP contribution in [0.5, 0.6) is 34.5 Å². The summed E-state index contributed by atoms with van der Waals surface area (Å²) in [4.78, 5) is 29.2.